The predicted molar refractivity (Wildman–Crippen MR) is 156 cm³/mol. The summed E-state index contributed by atoms with van der Waals surface area (Å²) in [7, 11) is 0. The summed E-state index contributed by atoms with van der Waals surface area (Å²) in [6, 6.07) is 4.90. The fourth-order valence-electron chi connectivity index (χ4n) is 3.16. The van der Waals surface area contributed by atoms with E-state index >= 15 is 0 Å². The van der Waals surface area contributed by atoms with Crippen molar-refractivity contribution < 1.29 is 39.7 Å². The zero-order valence-corrected chi connectivity index (χ0v) is 24.3. The Morgan fingerprint density at radius 2 is 1.49 bits per heavy atom. The van der Waals surface area contributed by atoms with Crippen LogP contribution in [0.25, 0.3) is 0 Å². The van der Waals surface area contributed by atoms with Crippen LogP contribution >= 0.6 is 11.8 Å². The molecule has 0 heterocycles. The minimum Gasteiger partial charge on any atom is -0.481 e. The van der Waals surface area contributed by atoms with E-state index in [9.17, 15) is 19.2 Å². The molecule has 1 aromatic carbocycles. The highest BCUT2D eigenvalue weighted by Crippen LogP contribution is 2.07. The molecule has 0 aromatic heterocycles. The number of carbonyl (C=O) groups excluding carboxylic acids is 3. The second-order valence-electron chi connectivity index (χ2n) is 8.77. The van der Waals surface area contributed by atoms with Crippen molar-refractivity contribution in [2.45, 2.75) is 63.7 Å². The standard InChI is InChI=1S/C23H37N7O5S.C2H4O2.H2O/c1-14(22(34)35)28-21(33)18(13-15-7-4-3-5-8-15)30-20(32)17(9-6-11-27-23(25)26)29-19(31)16(24)10-12-36-2;1-2(3)4;/h3-5,7-8,14,16-18H,6,9-13,24H2,1-2H3,(H,28,33)(H,29,31)(H,30,32)(H,34,35)(H4,25,26,27);1H3,(H,3,4);1H2/t14-,16-,17-,18-;;/m0../s1. The first-order valence-electron chi connectivity index (χ1n) is 12.5. The molecule has 0 saturated carbocycles. The van der Waals surface area contributed by atoms with Crippen molar-refractivity contribution in [2.75, 3.05) is 18.6 Å². The topological polar surface area (TPSA) is 281 Å². The van der Waals surface area contributed by atoms with Gasteiger partial charge in [0.1, 0.15) is 18.1 Å². The molecule has 0 saturated heterocycles. The molecule has 41 heavy (non-hydrogen) atoms. The van der Waals surface area contributed by atoms with Gasteiger partial charge in [-0.2, -0.15) is 11.8 Å². The lowest BCUT2D eigenvalue weighted by Gasteiger charge is -2.25. The molecule has 0 aliphatic heterocycles. The van der Waals surface area contributed by atoms with Crippen LogP contribution in [0.5, 0.6) is 0 Å². The lowest BCUT2D eigenvalue weighted by Crippen LogP contribution is -2.57. The van der Waals surface area contributed by atoms with Gasteiger partial charge >= 0.3 is 5.97 Å². The third kappa shape index (κ3) is 18.9. The largest absolute Gasteiger partial charge is 0.481 e. The Morgan fingerprint density at radius 3 is 2.00 bits per heavy atom. The van der Waals surface area contributed by atoms with E-state index < -0.39 is 53.8 Å². The van der Waals surface area contributed by atoms with E-state index in [1.54, 1.807) is 36.0 Å². The average Bonchev–Trinajstić information content (AvgIpc) is 2.88. The van der Waals surface area contributed by atoms with Crippen LogP contribution in [0, 0.1) is 5.41 Å². The average molecular weight is 602 g/mol. The maximum atomic E-state index is 13.2. The molecule has 0 unspecified atom stereocenters. The first kappa shape index (κ1) is 39.3. The Balaban J connectivity index is 0. The third-order valence-electron chi connectivity index (χ3n) is 5.23. The highest BCUT2D eigenvalue weighted by Gasteiger charge is 2.29. The molecular weight excluding hydrogens is 558 g/mol. The Labute approximate surface area is 243 Å². The van der Waals surface area contributed by atoms with Crippen molar-refractivity contribution in [1.82, 2.24) is 21.3 Å². The van der Waals surface area contributed by atoms with Crippen LogP contribution in [0.1, 0.15) is 38.7 Å². The summed E-state index contributed by atoms with van der Waals surface area (Å²) >= 11 is 1.55. The third-order valence-corrected chi connectivity index (χ3v) is 5.88. The zero-order valence-electron chi connectivity index (χ0n) is 23.4. The summed E-state index contributed by atoms with van der Waals surface area (Å²) in [6.07, 6.45) is 3.03. The van der Waals surface area contributed by atoms with Crippen LogP contribution in [-0.2, 0) is 30.4 Å². The molecule has 1 rings (SSSR count). The second-order valence-corrected chi connectivity index (χ2v) is 9.76. The Hall–Kier alpha value is -3.89. The highest BCUT2D eigenvalue weighted by atomic mass is 32.2. The van der Waals surface area contributed by atoms with Gasteiger partial charge in [0.25, 0.3) is 5.97 Å². The van der Waals surface area contributed by atoms with Gasteiger partial charge in [-0.1, -0.05) is 30.3 Å². The normalized spacial score (nSPS) is 12.9. The molecule has 0 aliphatic carbocycles. The van der Waals surface area contributed by atoms with E-state index in [1.165, 1.54) is 6.92 Å². The van der Waals surface area contributed by atoms with Crippen LogP contribution in [0.3, 0.4) is 0 Å². The van der Waals surface area contributed by atoms with Crippen molar-refractivity contribution >= 4 is 47.4 Å². The Bertz CT molecular complexity index is 980. The molecule has 16 heteroatoms. The van der Waals surface area contributed by atoms with Crippen LogP contribution in [-0.4, -0.2) is 94.0 Å². The summed E-state index contributed by atoms with van der Waals surface area (Å²) in [5.74, 6) is -3.35. The maximum Gasteiger partial charge on any atom is 0.325 e. The fraction of sp³-hybridized carbons (Fsp3) is 0.520. The minimum absolute atomic E-state index is 0. The first-order chi connectivity index (χ1) is 18.8. The van der Waals surface area contributed by atoms with Crippen LogP contribution < -0.4 is 32.7 Å². The van der Waals surface area contributed by atoms with Gasteiger partial charge < -0.3 is 48.4 Å². The summed E-state index contributed by atoms with van der Waals surface area (Å²) < 4.78 is 0. The molecule has 0 bridgehead atoms. The fourth-order valence-corrected chi connectivity index (χ4v) is 3.65. The van der Waals surface area contributed by atoms with Crippen molar-refractivity contribution in [3.05, 3.63) is 35.9 Å². The number of benzene rings is 1. The molecule has 1 aromatic rings. The van der Waals surface area contributed by atoms with Crippen LogP contribution in [0.15, 0.2) is 30.3 Å². The number of carboxylic acid groups (broad SMARTS) is 2. The summed E-state index contributed by atoms with van der Waals surface area (Å²) in [5, 5.41) is 34.1. The van der Waals surface area contributed by atoms with Crippen LogP contribution in [0.4, 0.5) is 0 Å². The van der Waals surface area contributed by atoms with E-state index in [4.69, 9.17) is 31.9 Å². The number of hydrogen-bond acceptors (Lipinski definition) is 8. The molecule has 232 valence electrons. The van der Waals surface area contributed by atoms with Gasteiger partial charge in [0, 0.05) is 19.9 Å². The van der Waals surface area contributed by atoms with E-state index in [2.05, 4.69) is 21.3 Å². The number of hydrogen-bond donors (Lipinski definition) is 9. The molecule has 0 aliphatic rings. The van der Waals surface area contributed by atoms with Gasteiger partial charge in [-0.25, -0.2) is 0 Å². The number of rotatable bonds is 16. The number of thioether (sulfide) groups is 1. The highest BCUT2D eigenvalue weighted by molar-refractivity contribution is 7.98. The SMILES string of the molecule is CC(=O)O.CSCC[C@H](N)C(=O)N[C@@H](CCCNC(=N)N)C(=O)N[C@@H](Cc1ccccc1)C(=O)N[C@@H](C)C(=O)O.O. The number of aliphatic carboxylic acids is 2. The molecule has 3 amide bonds. The smallest absolute Gasteiger partial charge is 0.325 e. The van der Waals surface area contributed by atoms with Gasteiger partial charge in [-0.15, -0.1) is 0 Å². The zero-order chi connectivity index (χ0) is 30.7. The number of carbonyl (C=O) groups is 5. The summed E-state index contributed by atoms with van der Waals surface area (Å²) in [4.78, 5) is 58.9. The number of guanidine groups is 1. The Kier molecular flexibility index (Phi) is 20.9. The number of amides is 3. The number of nitrogens with one attached hydrogen (secondary N) is 5. The van der Waals surface area contributed by atoms with E-state index in [0.29, 0.717) is 25.1 Å². The molecule has 4 atom stereocenters. The monoisotopic (exact) mass is 601 g/mol. The lowest BCUT2D eigenvalue weighted by molar-refractivity contribution is -0.141. The second kappa shape index (κ2) is 21.9. The first-order valence-corrected chi connectivity index (χ1v) is 13.9. The molecule has 0 spiro atoms. The minimum atomic E-state index is -1.21. The van der Waals surface area contributed by atoms with Gasteiger partial charge in [0.15, 0.2) is 5.96 Å². The van der Waals surface area contributed by atoms with E-state index in [-0.39, 0.29) is 24.3 Å². The lowest BCUT2D eigenvalue weighted by atomic mass is 10.0. The number of carboxylic acids is 2. The quantitative estimate of drug-likeness (QED) is 0.0590. The molecule has 0 fully saturated rings. The molecule has 13 N–H and O–H groups in total. The van der Waals surface area contributed by atoms with Crippen molar-refractivity contribution in [2.24, 2.45) is 11.5 Å². The molecule has 0 radical (unpaired) electrons. The Morgan fingerprint density at radius 1 is 0.951 bits per heavy atom. The van der Waals surface area contributed by atoms with Crippen molar-refractivity contribution in [3.63, 3.8) is 0 Å². The predicted octanol–water partition coefficient (Wildman–Crippen LogP) is -1.60. The van der Waals surface area contributed by atoms with E-state index in [0.717, 1.165) is 12.5 Å². The van der Waals surface area contributed by atoms with E-state index in [1.807, 2.05) is 12.3 Å². The van der Waals surface area contributed by atoms with Crippen molar-refractivity contribution in [1.29, 1.82) is 5.41 Å². The van der Waals surface area contributed by atoms with Gasteiger partial charge in [-0.05, 0) is 43.8 Å². The van der Waals surface area contributed by atoms with Gasteiger partial charge in [-0.3, -0.25) is 29.4 Å². The van der Waals surface area contributed by atoms with Gasteiger partial charge in [0.2, 0.25) is 17.7 Å². The van der Waals surface area contributed by atoms with Crippen molar-refractivity contribution in [3.8, 4) is 0 Å². The number of nitrogens with two attached hydrogens (primary N) is 2. The van der Waals surface area contributed by atoms with Crippen LogP contribution in [0.2, 0.25) is 0 Å². The maximum absolute atomic E-state index is 13.2. The summed E-state index contributed by atoms with van der Waals surface area (Å²) in [6.45, 7) is 2.71. The van der Waals surface area contributed by atoms with Gasteiger partial charge in [0.05, 0.1) is 6.04 Å². The molecule has 15 nitrogen and oxygen atoms in total. The molecular formula is C25H43N7O8S. The summed E-state index contributed by atoms with van der Waals surface area (Å²) in [5.41, 5.74) is 12.0.